The summed E-state index contributed by atoms with van der Waals surface area (Å²) in [5.74, 6) is -0.293. The van der Waals surface area contributed by atoms with Gasteiger partial charge in [0.05, 0.1) is 11.8 Å². The molecule has 4 aliphatic carbocycles. The molecule has 1 aromatic carbocycles. The number of benzene rings is 1. The van der Waals surface area contributed by atoms with Crippen LogP contribution in [0, 0.1) is 35.5 Å². The van der Waals surface area contributed by atoms with E-state index in [2.05, 4.69) is 32.9 Å². The summed E-state index contributed by atoms with van der Waals surface area (Å²) in [6.07, 6.45) is 5.37. The van der Waals surface area contributed by atoms with Crippen LogP contribution < -0.4 is 0 Å². The predicted octanol–water partition coefficient (Wildman–Crippen LogP) is 3.18. The van der Waals surface area contributed by atoms with Crippen LogP contribution >= 0.6 is 0 Å². The predicted molar refractivity (Wildman–Crippen MR) is 96.0 cm³/mol. The number of imide groups is 3. The van der Waals surface area contributed by atoms with E-state index in [1.807, 2.05) is 12.1 Å². The first-order chi connectivity index (χ1) is 12.3. The number of hydrogen-bond donors (Lipinski definition) is 0. The summed E-state index contributed by atoms with van der Waals surface area (Å²) in [4.78, 5) is 39.9. The lowest BCUT2D eigenvalue weighted by molar-refractivity contribution is -0.136. The summed E-state index contributed by atoms with van der Waals surface area (Å²) in [5, 5.41) is 0. The molecule has 2 saturated carbocycles. The zero-order valence-corrected chi connectivity index (χ0v) is 15.3. The lowest BCUT2D eigenvalue weighted by Crippen LogP contribution is -2.40. The standard InChI is InChI=1S/C22H23NO3/c1-22(2,3)12-6-4-11(5-7-12)19(24)23-20(25)17-13-8-9-14(16-10-15(13)16)18(17)21(23)26/h4-9,13-18H,10H2,1-3H3/t13-,14-,15-,16-,17-,18+/m0/s1. The molecule has 6 rings (SSSR count). The molecule has 4 nitrogen and oxygen atoms in total. The Balaban J connectivity index is 1.45. The van der Waals surface area contributed by atoms with Crippen LogP contribution in [0.3, 0.4) is 0 Å². The number of hydrogen-bond acceptors (Lipinski definition) is 3. The Labute approximate surface area is 153 Å². The molecule has 3 fully saturated rings. The van der Waals surface area contributed by atoms with Crippen molar-refractivity contribution in [3.63, 3.8) is 0 Å². The Morgan fingerprint density at radius 2 is 1.42 bits per heavy atom. The van der Waals surface area contributed by atoms with E-state index in [1.54, 1.807) is 12.1 Å². The van der Waals surface area contributed by atoms with Crippen molar-refractivity contribution in [1.29, 1.82) is 0 Å². The second kappa shape index (κ2) is 4.93. The molecular weight excluding hydrogens is 326 g/mol. The number of likely N-dealkylation sites (tertiary alicyclic amines) is 1. The van der Waals surface area contributed by atoms with Gasteiger partial charge in [0.2, 0.25) is 11.8 Å². The normalized spacial score (nSPS) is 37.0. The highest BCUT2D eigenvalue weighted by atomic mass is 16.2. The van der Waals surface area contributed by atoms with E-state index in [1.165, 1.54) is 0 Å². The molecule has 6 atom stereocenters. The number of rotatable bonds is 1. The van der Waals surface area contributed by atoms with E-state index >= 15 is 0 Å². The van der Waals surface area contributed by atoms with Gasteiger partial charge in [-0.25, -0.2) is 4.90 Å². The molecule has 1 heterocycles. The monoisotopic (exact) mass is 349 g/mol. The summed E-state index contributed by atoms with van der Waals surface area (Å²) >= 11 is 0. The average Bonchev–Trinajstić information content (AvgIpc) is 3.38. The van der Waals surface area contributed by atoms with Crippen molar-refractivity contribution in [3.05, 3.63) is 47.5 Å². The number of amides is 3. The second-order valence-electron chi connectivity index (χ2n) is 9.30. The third-order valence-corrected chi connectivity index (χ3v) is 6.86. The maximum Gasteiger partial charge on any atom is 0.267 e. The lowest BCUT2D eigenvalue weighted by Gasteiger charge is -2.37. The maximum atomic E-state index is 13.0. The quantitative estimate of drug-likeness (QED) is 0.578. The van der Waals surface area contributed by atoms with Crippen LogP contribution in [0.1, 0.15) is 43.1 Å². The van der Waals surface area contributed by atoms with Crippen LogP contribution in [0.25, 0.3) is 0 Å². The Morgan fingerprint density at radius 3 is 1.88 bits per heavy atom. The first-order valence-corrected chi connectivity index (χ1v) is 9.50. The minimum absolute atomic E-state index is 0.0122. The van der Waals surface area contributed by atoms with Crippen molar-refractivity contribution >= 4 is 17.7 Å². The zero-order valence-electron chi connectivity index (χ0n) is 15.3. The van der Waals surface area contributed by atoms with Crippen LogP contribution in [0.2, 0.25) is 0 Å². The molecule has 4 heteroatoms. The van der Waals surface area contributed by atoms with E-state index in [0.717, 1.165) is 16.9 Å². The molecule has 1 aliphatic heterocycles. The van der Waals surface area contributed by atoms with Crippen LogP contribution in [0.15, 0.2) is 36.4 Å². The Hall–Kier alpha value is -2.23. The van der Waals surface area contributed by atoms with E-state index in [-0.39, 0.29) is 40.9 Å². The third-order valence-electron chi connectivity index (χ3n) is 6.86. The van der Waals surface area contributed by atoms with E-state index in [4.69, 9.17) is 0 Å². The minimum Gasteiger partial charge on any atom is -0.274 e. The average molecular weight is 349 g/mol. The van der Waals surface area contributed by atoms with Crippen LogP contribution in [0.5, 0.6) is 0 Å². The molecule has 134 valence electrons. The molecule has 1 saturated heterocycles. The van der Waals surface area contributed by atoms with Gasteiger partial charge in [-0.3, -0.25) is 14.4 Å². The van der Waals surface area contributed by atoms with E-state index in [0.29, 0.717) is 17.4 Å². The van der Waals surface area contributed by atoms with Crippen molar-refractivity contribution in [2.24, 2.45) is 35.5 Å². The first kappa shape index (κ1) is 16.0. The van der Waals surface area contributed by atoms with Gasteiger partial charge in [-0.1, -0.05) is 45.1 Å². The minimum atomic E-state index is -0.470. The van der Waals surface area contributed by atoms with Crippen molar-refractivity contribution in [2.75, 3.05) is 0 Å². The summed E-state index contributed by atoms with van der Waals surface area (Å²) in [6.45, 7) is 6.32. The largest absolute Gasteiger partial charge is 0.274 e. The Bertz CT molecular complexity index is 824. The van der Waals surface area contributed by atoms with Gasteiger partial charge in [0.1, 0.15) is 0 Å². The third kappa shape index (κ3) is 1.99. The van der Waals surface area contributed by atoms with Gasteiger partial charge < -0.3 is 0 Å². The highest BCUT2D eigenvalue weighted by Gasteiger charge is 2.67. The number of nitrogens with zero attached hydrogens (tertiary/aromatic N) is 1. The molecule has 1 aromatic rings. The van der Waals surface area contributed by atoms with Gasteiger partial charge in [0, 0.05) is 5.56 Å². The number of carbonyl (C=O) groups excluding carboxylic acids is 3. The van der Waals surface area contributed by atoms with Gasteiger partial charge in [-0.15, -0.1) is 0 Å². The zero-order chi connectivity index (χ0) is 18.4. The Kier molecular flexibility index (Phi) is 3.03. The molecule has 26 heavy (non-hydrogen) atoms. The van der Waals surface area contributed by atoms with Crippen LogP contribution in [0.4, 0.5) is 0 Å². The summed E-state index contributed by atoms with van der Waals surface area (Å²) < 4.78 is 0. The smallest absolute Gasteiger partial charge is 0.267 e. The van der Waals surface area contributed by atoms with Gasteiger partial charge in [-0.05, 0) is 53.2 Å². The Morgan fingerprint density at radius 1 is 0.923 bits per heavy atom. The highest BCUT2D eigenvalue weighted by molar-refractivity contribution is 6.21. The molecule has 2 bridgehead atoms. The molecule has 0 spiro atoms. The van der Waals surface area contributed by atoms with Crippen LogP contribution in [-0.4, -0.2) is 22.6 Å². The number of carbonyl (C=O) groups is 3. The molecule has 0 N–H and O–H groups in total. The highest BCUT2D eigenvalue weighted by Crippen LogP contribution is 2.65. The molecule has 3 amide bonds. The van der Waals surface area contributed by atoms with Gasteiger partial charge in [-0.2, -0.15) is 0 Å². The summed E-state index contributed by atoms with van der Waals surface area (Å²) in [5.41, 5.74) is 1.51. The topological polar surface area (TPSA) is 54.5 Å². The van der Waals surface area contributed by atoms with E-state index < -0.39 is 5.91 Å². The van der Waals surface area contributed by atoms with Crippen molar-refractivity contribution < 1.29 is 14.4 Å². The van der Waals surface area contributed by atoms with Gasteiger partial charge in [0.25, 0.3) is 5.91 Å². The fourth-order valence-electron chi connectivity index (χ4n) is 5.40. The maximum absolute atomic E-state index is 13.0. The summed E-state index contributed by atoms with van der Waals surface area (Å²) in [6, 6.07) is 7.28. The van der Waals surface area contributed by atoms with Gasteiger partial charge in [0.15, 0.2) is 0 Å². The first-order valence-electron chi connectivity index (χ1n) is 9.50. The van der Waals surface area contributed by atoms with E-state index in [9.17, 15) is 14.4 Å². The van der Waals surface area contributed by atoms with Gasteiger partial charge >= 0.3 is 0 Å². The second-order valence-corrected chi connectivity index (χ2v) is 9.30. The lowest BCUT2D eigenvalue weighted by atomic mass is 9.63. The molecule has 5 aliphatic rings. The van der Waals surface area contributed by atoms with Crippen LogP contribution in [-0.2, 0) is 15.0 Å². The fourth-order valence-corrected chi connectivity index (χ4v) is 5.40. The van der Waals surface area contributed by atoms with Crippen molar-refractivity contribution in [2.45, 2.75) is 32.6 Å². The molecule has 0 unspecified atom stereocenters. The van der Waals surface area contributed by atoms with Crippen molar-refractivity contribution in [3.8, 4) is 0 Å². The van der Waals surface area contributed by atoms with Crippen molar-refractivity contribution in [1.82, 2.24) is 4.90 Å². The number of allylic oxidation sites excluding steroid dienone is 2. The fraction of sp³-hybridized carbons (Fsp3) is 0.500. The molecule has 0 radical (unpaired) electrons. The summed E-state index contributed by atoms with van der Waals surface area (Å²) in [7, 11) is 0. The SMILES string of the molecule is CC(C)(C)c1ccc(C(=O)N2C(=O)[C@@H]3[C@H]4C=C[C@@H]([C@@H]5C[C@@H]45)[C@@H]3C2=O)cc1. The molecule has 0 aromatic heterocycles. The molecular formula is C22H23NO3.